The van der Waals surface area contributed by atoms with Gasteiger partial charge in [-0.15, -0.1) is 0 Å². The molecule has 0 fully saturated rings. The molecule has 0 bridgehead atoms. The van der Waals surface area contributed by atoms with Crippen molar-refractivity contribution in [1.29, 1.82) is 0 Å². The quantitative estimate of drug-likeness (QED) is 0.690. The van der Waals surface area contributed by atoms with E-state index in [4.69, 9.17) is 5.73 Å². The van der Waals surface area contributed by atoms with Gasteiger partial charge in [0, 0.05) is 11.1 Å². The first-order valence-electron chi connectivity index (χ1n) is 6.31. The normalized spacial score (nSPS) is 10.7. The molecule has 0 atom stereocenters. The smallest absolute Gasteiger partial charge is 0.146 e. The summed E-state index contributed by atoms with van der Waals surface area (Å²) in [6.07, 6.45) is 0. The van der Waals surface area contributed by atoms with Gasteiger partial charge in [0.2, 0.25) is 0 Å². The summed E-state index contributed by atoms with van der Waals surface area (Å²) in [5.41, 5.74) is 8.54. The van der Waals surface area contributed by atoms with E-state index in [1.54, 1.807) is 18.2 Å². The molecule has 0 radical (unpaired) electrons. The lowest BCUT2D eigenvalue weighted by Gasteiger charge is -2.08. The minimum atomic E-state index is -0.288. The van der Waals surface area contributed by atoms with Crippen LogP contribution < -0.4 is 11.1 Å². The highest BCUT2D eigenvalue weighted by Gasteiger charge is 2.04. The number of aromatic nitrogens is 1. The monoisotopic (exact) mass is 267 g/mol. The van der Waals surface area contributed by atoms with E-state index in [0.29, 0.717) is 17.2 Å². The lowest BCUT2D eigenvalue weighted by Crippen LogP contribution is -1.97. The Labute approximate surface area is 116 Å². The summed E-state index contributed by atoms with van der Waals surface area (Å²) in [5, 5.41) is 3.95. The number of nitrogens with zero attached hydrogens (tertiary/aromatic N) is 1. The maximum Gasteiger partial charge on any atom is 0.146 e. The first-order chi connectivity index (χ1) is 9.61. The van der Waals surface area contributed by atoms with Gasteiger partial charge in [-0.25, -0.2) is 9.37 Å². The van der Waals surface area contributed by atoms with E-state index in [1.165, 1.54) is 6.07 Å². The SMILES string of the molecule is Cc1ccc(Nc2ccc3cc(N)ccc3n2)c(F)c1. The van der Waals surface area contributed by atoms with Gasteiger partial charge < -0.3 is 11.1 Å². The van der Waals surface area contributed by atoms with Crippen LogP contribution in [0.4, 0.5) is 21.6 Å². The molecular formula is C16H14FN3. The number of benzene rings is 2. The highest BCUT2D eigenvalue weighted by Crippen LogP contribution is 2.22. The number of fused-ring (bicyclic) bond motifs is 1. The molecular weight excluding hydrogens is 253 g/mol. The third-order valence-corrected chi connectivity index (χ3v) is 3.10. The molecule has 0 aliphatic carbocycles. The van der Waals surface area contributed by atoms with Gasteiger partial charge in [0.05, 0.1) is 11.2 Å². The van der Waals surface area contributed by atoms with E-state index < -0.39 is 0 Å². The van der Waals surface area contributed by atoms with Crippen LogP contribution in [0.3, 0.4) is 0 Å². The standard InChI is InChI=1S/C16H14FN3/c1-10-2-5-15(13(17)8-10)20-16-7-3-11-9-12(18)4-6-14(11)19-16/h2-9H,18H2,1H3,(H,19,20). The molecule has 100 valence electrons. The Morgan fingerprint density at radius 1 is 1.05 bits per heavy atom. The first-order valence-corrected chi connectivity index (χ1v) is 6.31. The zero-order valence-electron chi connectivity index (χ0n) is 11.0. The van der Waals surface area contributed by atoms with Gasteiger partial charge in [0.1, 0.15) is 11.6 Å². The molecule has 20 heavy (non-hydrogen) atoms. The third-order valence-electron chi connectivity index (χ3n) is 3.10. The Morgan fingerprint density at radius 3 is 2.70 bits per heavy atom. The Bertz CT molecular complexity index is 784. The fourth-order valence-electron chi connectivity index (χ4n) is 2.07. The molecule has 1 heterocycles. The Kier molecular flexibility index (Phi) is 2.99. The van der Waals surface area contributed by atoms with Crippen LogP contribution in [0.5, 0.6) is 0 Å². The summed E-state index contributed by atoms with van der Waals surface area (Å²) in [5.74, 6) is 0.314. The minimum Gasteiger partial charge on any atom is -0.399 e. The van der Waals surface area contributed by atoms with Gasteiger partial charge >= 0.3 is 0 Å². The zero-order valence-corrected chi connectivity index (χ0v) is 11.0. The number of aryl methyl sites for hydroxylation is 1. The van der Waals surface area contributed by atoms with Crippen molar-refractivity contribution < 1.29 is 4.39 Å². The predicted molar refractivity (Wildman–Crippen MR) is 80.6 cm³/mol. The lowest BCUT2D eigenvalue weighted by molar-refractivity contribution is 0.630. The molecule has 3 rings (SSSR count). The third kappa shape index (κ3) is 2.40. The van der Waals surface area contributed by atoms with E-state index in [-0.39, 0.29) is 5.82 Å². The van der Waals surface area contributed by atoms with Gasteiger partial charge in [-0.2, -0.15) is 0 Å². The summed E-state index contributed by atoms with van der Waals surface area (Å²) in [6, 6.07) is 14.3. The highest BCUT2D eigenvalue weighted by molar-refractivity contribution is 5.83. The molecule has 3 aromatic rings. The van der Waals surface area contributed by atoms with E-state index in [1.807, 2.05) is 31.2 Å². The van der Waals surface area contributed by atoms with Crippen LogP contribution in [0.2, 0.25) is 0 Å². The summed E-state index contributed by atoms with van der Waals surface area (Å²) in [4.78, 5) is 4.44. The van der Waals surface area contributed by atoms with E-state index in [9.17, 15) is 4.39 Å². The first kappa shape index (κ1) is 12.4. The van der Waals surface area contributed by atoms with E-state index in [0.717, 1.165) is 16.5 Å². The predicted octanol–water partition coefficient (Wildman–Crippen LogP) is 4.01. The molecule has 0 aliphatic heterocycles. The number of rotatable bonds is 2. The van der Waals surface area contributed by atoms with Gasteiger partial charge in [0.25, 0.3) is 0 Å². The maximum absolute atomic E-state index is 13.8. The van der Waals surface area contributed by atoms with Crippen molar-refractivity contribution in [3.63, 3.8) is 0 Å². The fraction of sp³-hybridized carbons (Fsp3) is 0.0625. The molecule has 0 saturated carbocycles. The molecule has 0 amide bonds. The van der Waals surface area contributed by atoms with Crippen LogP contribution in [0.1, 0.15) is 5.56 Å². The Morgan fingerprint density at radius 2 is 1.90 bits per heavy atom. The van der Waals surface area contributed by atoms with Crippen LogP contribution in [-0.2, 0) is 0 Å². The van der Waals surface area contributed by atoms with Crippen LogP contribution in [0.25, 0.3) is 10.9 Å². The van der Waals surface area contributed by atoms with Crippen LogP contribution in [-0.4, -0.2) is 4.98 Å². The second-order valence-electron chi connectivity index (χ2n) is 4.76. The second kappa shape index (κ2) is 4.81. The summed E-state index contributed by atoms with van der Waals surface area (Å²) in [7, 11) is 0. The Balaban J connectivity index is 1.96. The number of hydrogen-bond donors (Lipinski definition) is 2. The molecule has 2 aromatic carbocycles. The van der Waals surface area contributed by atoms with Gasteiger partial charge in [-0.1, -0.05) is 6.07 Å². The molecule has 3 N–H and O–H groups in total. The van der Waals surface area contributed by atoms with Crippen LogP contribution >= 0.6 is 0 Å². The zero-order chi connectivity index (χ0) is 14.1. The van der Waals surface area contributed by atoms with Crippen LogP contribution in [0, 0.1) is 12.7 Å². The second-order valence-corrected chi connectivity index (χ2v) is 4.76. The van der Waals surface area contributed by atoms with E-state index >= 15 is 0 Å². The number of halogens is 1. The number of anilines is 3. The number of nitrogens with two attached hydrogens (primary N) is 1. The average Bonchev–Trinajstić information content (AvgIpc) is 2.42. The molecule has 0 saturated heterocycles. The van der Waals surface area contributed by atoms with Gasteiger partial charge in [0.15, 0.2) is 0 Å². The molecule has 4 heteroatoms. The van der Waals surface area contributed by atoms with Crippen molar-refractivity contribution in [2.75, 3.05) is 11.1 Å². The topological polar surface area (TPSA) is 50.9 Å². The fourth-order valence-corrected chi connectivity index (χ4v) is 2.07. The number of nitrogen functional groups attached to an aromatic ring is 1. The van der Waals surface area contributed by atoms with Crippen molar-refractivity contribution in [3.05, 3.63) is 59.9 Å². The van der Waals surface area contributed by atoms with Crippen molar-refractivity contribution in [2.24, 2.45) is 0 Å². The molecule has 0 spiro atoms. The Hall–Kier alpha value is -2.62. The van der Waals surface area contributed by atoms with Crippen molar-refractivity contribution >= 4 is 28.1 Å². The summed E-state index contributed by atoms with van der Waals surface area (Å²) in [6.45, 7) is 1.85. The van der Waals surface area contributed by atoms with Crippen molar-refractivity contribution in [2.45, 2.75) is 6.92 Å². The number of pyridine rings is 1. The number of hydrogen-bond acceptors (Lipinski definition) is 3. The summed E-state index contributed by atoms with van der Waals surface area (Å²) < 4.78 is 13.8. The average molecular weight is 267 g/mol. The van der Waals surface area contributed by atoms with Crippen molar-refractivity contribution in [3.8, 4) is 0 Å². The van der Waals surface area contributed by atoms with Gasteiger partial charge in [-0.05, 0) is 55.0 Å². The molecule has 0 unspecified atom stereocenters. The molecule has 3 nitrogen and oxygen atoms in total. The lowest BCUT2D eigenvalue weighted by atomic mass is 10.2. The van der Waals surface area contributed by atoms with Crippen LogP contribution in [0.15, 0.2) is 48.5 Å². The van der Waals surface area contributed by atoms with Crippen molar-refractivity contribution in [1.82, 2.24) is 4.98 Å². The maximum atomic E-state index is 13.8. The minimum absolute atomic E-state index is 0.288. The van der Waals surface area contributed by atoms with Gasteiger partial charge in [-0.3, -0.25) is 0 Å². The van der Waals surface area contributed by atoms with E-state index in [2.05, 4.69) is 10.3 Å². The largest absolute Gasteiger partial charge is 0.399 e. The molecule has 1 aromatic heterocycles. The molecule has 0 aliphatic rings. The summed E-state index contributed by atoms with van der Waals surface area (Å²) >= 11 is 0. The number of nitrogens with one attached hydrogen (secondary N) is 1. The highest BCUT2D eigenvalue weighted by atomic mass is 19.1.